The van der Waals surface area contributed by atoms with Crippen LogP contribution in [0.2, 0.25) is 0 Å². The second kappa shape index (κ2) is 9.75. The maximum atomic E-state index is 12.6. The van der Waals surface area contributed by atoms with Crippen molar-refractivity contribution in [2.75, 3.05) is 26.2 Å². The Hall–Kier alpha value is -2.54. The number of carbonyl (C=O) groups is 2. The number of phenolic OH excluding ortho intramolecular Hbond substituents is 1. The summed E-state index contributed by atoms with van der Waals surface area (Å²) in [6.07, 6.45) is 9.17. The van der Waals surface area contributed by atoms with E-state index in [2.05, 4.69) is 4.90 Å². The SMILES string of the molecule is CC(=O)O[C@@H]1[C@H](N2CCCCC2)c2c(ccc(/C=C/C(=O)N3CCCCC3)c2O)OC1(C)C. The van der Waals surface area contributed by atoms with Gasteiger partial charge < -0.3 is 19.5 Å². The number of benzene rings is 1. The van der Waals surface area contributed by atoms with Crippen LogP contribution in [0.5, 0.6) is 11.5 Å². The third-order valence-electron chi connectivity index (χ3n) is 7.00. The van der Waals surface area contributed by atoms with Gasteiger partial charge in [-0.05, 0) is 77.2 Å². The Bertz CT molecular complexity index is 914. The lowest BCUT2D eigenvalue weighted by Crippen LogP contribution is -2.56. The number of fused-ring (bicyclic) bond motifs is 1. The lowest BCUT2D eigenvalue weighted by molar-refractivity contribution is -0.170. The highest BCUT2D eigenvalue weighted by atomic mass is 16.6. The Balaban J connectivity index is 1.70. The summed E-state index contributed by atoms with van der Waals surface area (Å²) in [5.74, 6) is 0.272. The maximum absolute atomic E-state index is 12.6. The summed E-state index contributed by atoms with van der Waals surface area (Å²) in [6.45, 7) is 8.54. The smallest absolute Gasteiger partial charge is 0.303 e. The van der Waals surface area contributed by atoms with Gasteiger partial charge >= 0.3 is 5.97 Å². The van der Waals surface area contributed by atoms with Crippen LogP contribution in [-0.4, -0.2) is 64.7 Å². The molecule has 3 aliphatic rings. The highest BCUT2D eigenvalue weighted by Crippen LogP contribution is 2.49. The standard InChI is InChI=1S/C26H36N2O5/c1-18(29)32-25-23(28-16-8-5-9-17-28)22-20(33-26(25,2)3)12-10-19(24(22)31)11-13-21(30)27-14-6-4-7-15-27/h10-13,23,25,31H,4-9,14-17H2,1-3H3/b13-11+/t23-,25-/m1/s1. The molecule has 0 aromatic heterocycles. The van der Waals surface area contributed by atoms with Crippen LogP contribution in [0.1, 0.15) is 76.5 Å². The first-order valence-corrected chi connectivity index (χ1v) is 12.2. The first-order valence-electron chi connectivity index (χ1n) is 12.2. The molecule has 1 aromatic carbocycles. The molecule has 2 fully saturated rings. The fourth-order valence-electron chi connectivity index (χ4n) is 5.33. The molecular weight excluding hydrogens is 420 g/mol. The largest absolute Gasteiger partial charge is 0.507 e. The zero-order valence-corrected chi connectivity index (χ0v) is 20.0. The van der Waals surface area contributed by atoms with Gasteiger partial charge in [-0.15, -0.1) is 0 Å². The number of ether oxygens (including phenoxy) is 2. The molecule has 2 saturated heterocycles. The fourth-order valence-corrected chi connectivity index (χ4v) is 5.33. The minimum absolute atomic E-state index is 0.0328. The van der Waals surface area contributed by atoms with Crippen molar-refractivity contribution in [3.05, 3.63) is 29.3 Å². The van der Waals surface area contributed by atoms with E-state index in [-0.39, 0.29) is 23.7 Å². The number of hydrogen-bond donors (Lipinski definition) is 1. The highest BCUT2D eigenvalue weighted by Gasteiger charge is 2.50. The predicted molar refractivity (Wildman–Crippen MR) is 126 cm³/mol. The van der Waals surface area contributed by atoms with Crippen molar-refractivity contribution in [3.8, 4) is 11.5 Å². The molecule has 1 amide bonds. The molecule has 3 aliphatic heterocycles. The number of hydrogen-bond acceptors (Lipinski definition) is 6. The van der Waals surface area contributed by atoms with Crippen molar-refractivity contribution in [1.29, 1.82) is 0 Å². The summed E-state index contributed by atoms with van der Waals surface area (Å²) in [6, 6.07) is 3.31. The second-order valence-corrected chi connectivity index (χ2v) is 9.91. The topological polar surface area (TPSA) is 79.3 Å². The number of rotatable bonds is 4. The molecule has 0 unspecified atom stereocenters. The minimum atomic E-state index is -0.755. The van der Waals surface area contributed by atoms with Crippen molar-refractivity contribution in [3.63, 3.8) is 0 Å². The van der Waals surface area contributed by atoms with Gasteiger partial charge in [0.25, 0.3) is 0 Å². The van der Waals surface area contributed by atoms with E-state index in [0.717, 1.165) is 58.3 Å². The zero-order chi connectivity index (χ0) is 23.6. The molecular formula is C26H36N2O5. The van der Waals surface area contributed by atoms with Crippen LogP contribution in [-0.2, 0) is 14.3 Å². The number of amides is 1. The zero-order valence-electron chi connectivity index (χ0n) is 20.0. The summed E-state index contributed by atoms with van der Waals surface area (Å²) < 4.78 is 12.1. The maximum Gasteiger partial charge on any atom is 0.303 e. The van der Waals surface area contributed by atoms with Crippen LogP contribution in [0.25, 0.3) is 6.08 Å². The molecule has 2 atom stereocenters. The molecule has 4 rings (SSSR count). The third kappa shape index (κ3) is 5.03. The van der Waals surface area contributed by atoms with Gasteiger partial charge in [0.05, 0.1) is 11.6 Å². The van der Waals surface area contributed by atoms with Crippen LogP contribution >= 0.6 is 0 Å². The summed E-state index contributed by atoms with van der Waals surface area (Å²) in [4.78, 5) is 28.8. The van der Waals surface area contributed by atoms with Crippen molar-refractivity contribution >= 4 is 18.0 Å². The third-order valence-corrected chi connectivity index (χ3v) is 7.00. The average Bonchev–Trinajstić information content (AvgIpc) is 2.80. The molecule has 0 aliphatic carbocycles. The fraction of sp³-hybridized carbons (Fsp3) is 0.615. The molecule has 7 nitrogen and oxygen atoms in total. The van der Waals surface area contributed by atoms with E-state index in [1.54, 1.807) is 18.2 Å². The Morgan fingerprint density at radius 2 is 1.70 bits per heavy atom. The van der Waals surface area contributed by atoms with Crippen molar-refractivity contribution < 1.29 is 24.2 Å². The van der Waals surface area contributed by atoms with E-state index >= 15 is 0 Å². The summed E-state index contributed by atoms with van der Waals surface area (Å²) in [5.41, 5.74) is 0.440. The van der Waals surface area contributed by atoms with E-state index in [4.69, 9.17) is 9.47 Å². The number of likely N-dealkylation sites (tertiary alicyclic amines) is 2. The van der Waals surface area contributed by atoms with Gasteiger partial charge in [-0.2, -0.15) is 0 Å². The van der Waals surface area contributed by atoms with Gasteiger partial charge in [0, 0.05) is 31.7 Å². The average molecular weight is 457 g/mol. The lowest BCUT2D eigenvalue weighted by atomic mass is 9.83. The van der Waals surface area contributed by atoms with Gasteiger partial charge in [-0.1, -0.05) is 6.42 Å². The molecule has 0 saturated carbocycles. The normalized spacial score (nSPS) is 25.4. The van der Waals surface area contributed by atoms with Crippen molar-refractivity contribution in [2.45, 2.75) is 77.0 Å². The Morgan fingerprint density at radius 3 is 2.33 bits per heavy atom. The number of aromatic hydroxyl groups is 1. The molecule has 0 radical (unpaired) electrons. The Morgan fingerprint density at radius 1 is 1.06 bits per heavy atom. The molecule has 7 heteroatoms. The van der Waals surface area contributed by atoms with E-state index < -0.39 is 11.7 Å². The first kappa shape index (κ1) is 23.6. The van der Waals surface area contributed by atoms with Crippen LogP contribution in [0.15, 0.2) is 18.2 Å². The van der Waals surface area contributed by atoms with Gasteiger partial charge in [0.2, 0.25) is 5.91 Å². The van der Waals surface area contributed by atoms with Crippen LogP contribution in [0.3, 0.4) is 0 Å². The van der Waals surface area contributed by atoms with E-state index in [9.17, 15) is 14.7 Å². The van der Waals surface area contributed by atoms with Crippen LogP contribution < -0.4 is 4.74 Å². The number of esters is 1. The van der Waals surface area contributed by atoms with E-state index in [1.807, 2.05) is 24.8 Å². The highest BCUT2D eigenvalue weighted by molar-refractivity contribution is 5.92. The molecule has 33 heavy (non-hydrogen) atoms. The summed E-state index contributed by atoms with van der Waals surface area (Å²) >= 11 is 0. The van der Waals surface area contributed by atoms with E-state index in [1.165, 1.54) is 13.3 Å². The second-order valence-electron chi connectivity index (χ2n) is 9.91. The molecule has 3 heterocycles. The summed E-state index contributed by atoms with van der Waals surface area (Å²) in [5, 5.41) is 11.4. The molecule has 180 valence electrons. The first-order chi connectivity index (χ1) is 15.8. The number of carbonyl (C=O) groups excluding carboxylic acids is 2. The molecule has 0 spiro atoms. The molecule has 0 bridgehead atoms. The van der Waals surface area contributed by atoms with Gasteiger partial charge in [0.1, 0.15) is 17.1 Å². The molecule has 1 N–H and O–H groups in total. The molecule has 1 aromatic rings. The van der Waals surface area contributed by atoms with Gasteiger partial charge in [-0.25, -0.2) is 0 Å². The van der Waals surface area contributed by atoms with Crippen molar-refractivity contribution in [2.24, 2.45) is 0 Å². The number of nitrogens with zero attached hydrogens (tertiary/aromatic N) is 2. The monoisotopic (exact) mass is 456 g/mol. The quantitative estimate of drug-likeness (QED) is 0.544. The number of piperidine rings is 2. The van der Waals surface area contributed by atoms with Gasteiger partial charge in [-0.3, -0.25) is 14.5 Å². The van der Waals surface area contributed by atoms with Crippen LogP contribution in [0, 0.1) is 0 Å². The Labute approximate surface area is 196 Å². The Kier molecular flexibility index (Phi) is 6.98. The number of phenols is 1. The minimum Gasteiger partial charge on any atom is -0.507 e. The summed E-state index contributed by atoms with van der Waals surface area (Å²) in [7, 11) is 0. The van der Waals surface area contributed by atoms with Crippen LogP contribution in [0.4, 0.5) is 0 Å². The van der Waals surface area contributed by atoms with Gasteiger partial charge in [0.15, 0.2) is 6.10 Å². The lowest BCUT2D eigenvalue weighted by Gasteiger charge is -2.48. The predicted octanol–water partition coefficient (Wildman–Crippen LogP) is 4.05. The van der Waals surface area contributed by atoms with E-state index in [0.29, 0.717) is 16.9 Å². The van der Waals surface area contributed by atoms with Crippen molar-refractivity contribution in [1.82, 2.24) is 9.80 Å².